The number of carbonyl (C=O) groups is 1. The first-order chi connectivity index (χ1) is 6.52. The van der Waals surface area contributed by atoms with Gasteiger partial charge in [0.2, 0.25) is 0 Å². The normalized spacial score (nSPS) is 11.6. The topological polar surface area (TPSA) is 75.4 Å². The Labute approximate surface area is 82.1 Å². The summed E-state index contributed by atoms with van der Waals surface area (Å²) in [6.07, 6.45) is 1.55. The van der Waals surface area contributed by atoms with Gasteiger partial charge in [0.05, 0.1) is 18.2 Å². The molecule has 0 aliphatic heterocycles. The highest BCUT2D eigenvalue weighted by atomic mass is 16.5. The summed E-state index contributed by atoms with van der Waals surface area (Å²) in [5.41, 5.74) is -0.764. The summed E-state index contributed by atoms with van der Waals surface area (Å²) in [5.74, 6) is -0.117. The number of aromatic nitrogens is 1. The van der Waals surface area contributed by atoms with Gasteiger partial charge in [-0.3, -0.25) is 4.79 Å². The molecular formula is C9H14N2O3. The second-order valence-electron chi connectivity index (χ2n) is 3.77. The van der Waals surface area contributed by atoms with Gasteiger partial charge in [-0.15, -0.1) is 0 Å². The van der Waals surface area contributed by atoms with Gasteiger partial charge in [0.25, 0.3) is 0 Å². The molecule has 5 nitrogen and oxygen atoms in total. The minimum absolute atomic E-state index is 0.392. The molecule has 0 aliphatic carbocycles. The van der Waals surface area contributed by atoms with E-state index in [0.717, 1.165) is 0 Å². The Hall–Kier alpha value is -1.36. The lowest BCUT2D eigenvalue weighted by Crippen LogP contribution is -2.35. The molecule has 0 bridgehead atoms. The highest BCUT2D eigenvalue weighted by Gasteiger charge is 2.26. The summed E-state index contributed by atoms with van der Waals surface area (Å²) >= 11 is 0. The fraction of sp³-hybridized carbons (Fsp3) is 0.556. The Morgan fingerprint density at radius 2 is 2.43 bits per heavy atom. The molecule has 78 valence electrons. The van der Waals surface area contributed by atoms with Crippen LogP contribution in [0.1, 0.15) is 19.6 Å². The second kappa shape index (κ2) is 4.23. The van der Waals surface area contributed by atoms with E-state index in [2.05, 4.69) is 10.5 Å². The number of hydrogen-bond acceptors (Lipinski definition) is 4. The average molecular weight is 198 g/mol. The van der Waals surface area contributed by atoms with Crippen molar-refractivity contribution in [3.8, 4) is 0 Å². The van der Waals surface area contributed by atoms with E-state index in [1.807, 2.05) is 0 Å². The van der Waals surface area contributed by atoms with Crippen molar-refractivity contribution >= 4 is 5.97 Å². The molecule has 0 saturated carbocycles. The van der Waals surface area contributed by atoms with Crippen molar-refractivity contribution in [3.63, 3.8) is 0 Å². The van der Waals surface area contributed by atoms with Gasteiger partial charge in [-0.1, -0.05) is 5.16 Å². The lowest BCUT2D eigenvalue weighted by atomic mass is 9.94. The molecule has 14 heavy (non-hydrogen) atoms. The Bertz CT molecular complexity index is 293. The average Bonchev–Trinajstić information content (AvgIpc) is 2.56. The first-order valence-corrected chi connectivity index (χ1v) is 4.36. The van der Waals surface area contributed by atoms with Crippen LogP contribution in [0, 0.1) is 5.41 Å². The quantitative estimate of drug-likeness (QED) is 0.734. The first-order valence-electron chi connectivity index (χ1n) is 4.36. The van der Waals surface area contributed by atoms with Crippen LogP contribution < -0.4 is 5.32 Å². The van der Waals surface area contributed by atoms with Crippen molar-refractivity contribution in [2.75, 3.05) is 6.54 Å². The summed E-state index contributed by atoms with van der Waals surface area (Å²) in [7, 11) is 0. The van der Waals surface area contributed by atoms with Crippen molar-refractivity contribution in [2.24, 2.45) is 5.41 Å². The summed E-state index contributed by atoms with van der Waals surface area (Å²) in [5, 5.41) is 15.4. The third-order valence-corrected chi connectivity index (χ3v) is 1.94. The molecule has 5 heteroatoms. The van der Waals surface area contributed by atoms with E-state index in [4.69, 9.17) is 9.63 Å². The van der Waals surface area contributed by atoms with Crippen molar-refractivity contribution in [2.45, 2.75) is 20.4 Å². The fourth-order valence-electron chi connectivity index (χ4n) is 0.907. The number of carboxylic acids is 1. The molecule has 0 atom stereocenters. The molecule has 1 aromatic rings. The number of hydrogen-bond donors (Lipinski definition) is 2. The van der Waals surface area contributed by atoms with E-state index in [-0.39, 0.29) is 0 Å². The molecule has 0 radical (unpaired) electrons. The molecule has 0 aromatic carbocycles. The number of nitrogens with zero attached hydrogens (tertiary/aromatic N) is 1. The third kappa shape index (κ3) is 2.85. The lowest BCUT2D eigenvalue weighted by Gasteiger charge is -2.18. The predicted molar refractivity (Wildman–Crippen MR) is 49.6 cm³/mol. The van der Waals surface area contributed by atoms with Crippen molar-refractivity contribution < 1.29 is 14.4 Å². The zero-order chi connectivity index (χ0) is 10.6. The molecule has 1 heterocycles. The van der Waals surface area contributed by atoms with Crippen LogP contribution in [0.5, 0.6) is 0 Å². The van der Waals surface area contributed by atoms with Crippen LogP contribution in [-0.2, 0) is 11.3 Å². The molecule has 0 saturated heterocycles. The molecule has 2 N–H and O–H groups in total. The predicted octanol–water partition coefficient (Wildman–Crippen LogP) is 0.875. The van der Waals surface area contributed by atoms with Crippen LogP contribution >= 0.6 is 0 Å². The van der Waals surface area contributed by atoms with Gasteiger partial charge in [-0.05, 0) is 13.8 Å². The van der Waals surface area contributed by atoms with E-state index < -0.39 is 11.4 Å². The van der Waals surface area contributed by atoms with Crippen molar-refractivity contribution in [3.05, 3.63) is 18.0 Å². The van der Waals surface area contributed by atoms with Crippen LogP contribution in [0.2, 0.25) is 0 Å². The number of rotatable bonds is 5. The van der Waals surface area contributed by atoms with Crippen molar-refractivity contribution in [1.29, 1.82) is 0 Å². The van der Waals surface area contributed by atoms with Gasteiger partial charge in [-0.2, -0.15) is 0 Å². The summed E-state index contributed by atoms with van der Waals surface area (Å²) in [4.78, 5) is 10.7. The Morgan fingerprint density at radius 1 is 1.71 bits per heavy atom. The summed E-state index contributed by atoms with van der Waals surface area (Å²) in [6.45, 7) is 4.23. The lowest BCUT2D eigenvalue weighted by molar-refractivity contribution is -0.146. The molecular weight excluding hydrogens is 184 g/mol. The molecule has 0 fully saturated rings. The van der Waals surface area contributed by atoms with Crippen LogP contribution in [0.25, 0.3) is 0 Å². The highest BCUT2D eigenvalue weighted by Crippen LogP contribution is 2.13. The van der Waals surface area contributed by atoms with Gasteiger partial charge in [0, 0.05) is 12.6 Å². The molecule has 0 amide bonds. The Balaban J connectivity index is 2.31. The molecule has 0 unspecified atom stereocenters. The van der Waals surface area contributed by atoms with Crippen LogP contribution in [0.3, 0.4) is 0 Å². The van der Waals surface area contributed by atoms with E-state index >= 15 is 0 Å². The van der Waals surface area contributed by atoms with Gasteiger partial charge in [-0.25, -0.2) is 0 Å². The van der Waals surface area contributed by atoms with Gasteiger partial charge in [0.1, 0.15) is 5.76 Å². The SMILES string of the molecule is CC(C)(CNCc1ccno1)C(=O)O. The minimum Gasteiger partial charge on any atom is -0.481 e. The molecule has 0 aliphatic rings. The minimum atomic E-state index is -0.817. The summed E-state index contributed by atoms with van der Waals surface area (Å²) < 4.78 is 4.85. The van der Waals surface area contributed by atoms with Crippen molar-refractivity contribution in [1.82, 2.24) is 10.5 Å². The summed E-state index contributed by atoms with van der Waals surface area (Å²) in [6, 6.07) is 1.74. The molecule has 1 rings (SSSR count). The zero-order valence-corrected chi connectivity index (χ0v) is 8.28. The van der Waals surface area contributed by atoms with Crippen LogP contribution in [-0.4, -0.2) is 22.8 Å². The Morgan fingerprint density at radius 3 is 2.93 bits per heavy atom. The Kier molecular flexibility index (Phi) is 3.24. The number of nitrogens with one attached hydrogen (secondary N) is 1. The van der Waals surface area contributed by atoms with E-state index in [0.29, 0.717) is 18.8 Å². The molecule has 1 aromatic heterocycles. The largest absolute Gasteiger partial charge is 0.481 e. The monoisotopic (exact) mass is 198 g/mol. The van der Waals surface area contributed by atoms with E-state index in [1.54, 1.807) is 26.1 Å². The van der Waals surface area contributed by atoms with E-state index in [1.165, 1.54) is 0 Å². The van der Waals surface area contributed by atoms with Gasteiger partial charge >= 0.3 is 5.97 Å². The molecule has 0 spiro atoms. The smallest absolute Gasteiger partial charge is 0.310 e. The van der Waals surface area contributed by atoms with E-state index in [9.17, 15) is 4.79 Å². The maximum atomic E-state index is 10.7. The number of carboxylic acid groups (broad SMARTS) is 1. The van der Waals surface area contributed by atoms with Gasteiger partial charge < -0.3 is 14.9 Å². The standard InChI is InChI=1S/C9H14N2O3/c1-9(2,8(12)13)6-10-5-7-3-4-11-14-7/h3-4,10H,5-6H2,1-2H3,(H,12,13). The van der Waals surface area contributed by atoms with Crippen LogP contribution in [0.15, 0.2) is 16.8 Å². The first kappa shape index (κ1) is 10.7. The highest BCUT2D eigenvalue weighted by molar-refractivity contribution is 5.73. The van der Waals surface area contributed by atoms with Crippen LogP contribution in [0.4, 0.5) is 0 Å². The third-order valence-electron chi connectivity index (χ3n) is 1.94. The second-order valence-corrected chi connectivity index (χ2v) is 3.77. The van der Waals surface area contributed by atoms with Gasteiger partial charge in [0.15, 0.2) is 0 Å². The maximum absolute atomic E-state index is 10.7. The zero-order valence-electron chi connectivity index (χ0n) is 8.28. The number of aliphatic carboxylic acids is 1. The fourth-order valence-corrected chi connectivity index (χ4v) is 0.907. The maximum Gasteiger partial charge on any atom is 0.310 e.